The van der Waals surface area contributed by atoms with Gasteiger partial charge in [0.05, 0.1) is 12.0 Å². The molecule has 1 aliphatic rings. The molecular formula is C21H25N3O4S. The van der Waals surface area contributed by atoms with Crippen molar-refractivity contribution >= 4 is 27.1 Å². The fourth-order valence-electron chi connectivity index (χ4n) is 3.96. The molecule has 4 rings (SSSR count). The Kier molecular flexibility index (Phi) is 5.23. The normalized spacial score (nSPS) is 17.2. The van der Waals surface area contributed by atoms with Gasteiger partial charge in [0, 0.05) is 19.1 Å². The van der Waals surface area contributed by atoms with Gasteiger partial charge in [-0.25, -0.2) is 13.1 Å². The van der Waals surface area contributed by atoms with E-state index in [1.54, 1.807) is 19.2 Å². The average Bonchev–Trinajstić information content (AvgIpc) is 3.32. The second-order valence-electron chi connectivity index (χ2n) is 7.40. The summed E-state index contributed by atoms with van der Waals surface area (Å²) in [6.07, 6.45) is 1.84. The Morgan fingerprint density at radius 3 is 2.66 bits per heavy atom. The minimum atomic E-state index is -3.63. The second-order valence-corrected chi connectivity index (χ2v) is 9.16. The summed E-state index contributed by atoms with van der Waals surface area (Å²) < 4.78 is 39.7. The van der Waals surface area contributed by atoms with E-state index in [1.165, 1.54) is 0 Å². The summed E-state index contributed by atoms with van der Waals surface area (Å²) in [5, 5.41) is 0. The molecule has 1 fully saturated rings. The molecule has 1 unspecified atom stereocenters. The molecule has 2 aromatic carbocycles. The van der Waals surface area contributed by atoms with Gasteiger partial charge in [0.25, 0.3) is 6.01 Å². The van der Waals surface area contributed by atoms with Gasteiger partial charge >= 0.3 is 0 Å². The zero-order valence-electron chi connectivity index (χ0n) is 16.8. The SMILES string of the molecule is COc1c(C)cc(S(=O)(=O)NCC2CCCN2c2nc3ccccc3o2)cc1C. The van der Waals surface area contributed by atoms with Crippen LogP contribution in [0.25, 0.3) is 11.1 Å². The molecule has 0 bridgehead atoms. The summed E-state index contributed by atoms with van der Waals surface area (Å²) in [5.74, 6) is 0.710. The van der Waals surface area contributed by atoms with Crippen molar-refractivity contribution < 1.29 is 17.6 Å². The van der Waals surface area contributed by atoms with Crippen molar-refractivity contribution in [3.8, 4) is 5.75 Å². The minimum Gasteiger partial charge on any atom is -0.496 e. The molecule has 29 heavy (non-hydrogen) atoms. The Labute approximate surface area is 170 Å². The van der Waals surface area contributed by atoms with Crippen molar-refractivity contribution in [3.63, 3.8) is 0 Å². The van der Waals surface area contributed by atoms with E-state index in [9.17, 15) is 8.42 Å². The van der Waals surface area contributed by atoms with Crippen LogP contribution in [0.15, 0.2) is 45.7 Å². The van der Waals surface area contributed by atoms with Crippen molar-refractivity contribution in [2.45, 2.75) is 37.6 Å². The fourth-order valence-corrected chi connectivity index (χ4v) is 5.20. The average molecular weight is 416 g/mol. The number of rotatable bonds is 6. The van der Waals surface area contributed by atoms with E-state index in [0.29, 0.717) is 18.3 Å². The number of aromatic nitrogens is 1. The number of aryl methyl sites for hydroxylation is 2. The van der Waals surface area contributed by atoms with Crippen LogP contribution in [0.1, 0.15) is 24.0 Å². The predicted octanol–water partition coefficient (Wildman–Crippen LogP) is 3.40. The van der Waals surface area contributed by atoms with Gasteiger partial charge in [-0.15, -0.1) is 0 Å². The van der Waals surface area contributed by atoms with Crippen LogP contribution in [0.3, 0.4) is 0 Å². The summed E-state index contributed by atoms with van der Waals surface area (Å²) in [6, 6.07) is 11.4. The topological polar surface area (TPSA) is 84.7 Å². The smallest absolute Gasteiger partial charge is 0.298 e. The highest BCUT2D eigenvalue weighted by Gasteiger charge is 2.30. The standard InChI is InChI=1S/C21H25N3O4S/c1-14-11-17(12-15(2)20(14)27-3)29(25,26)22-13-16-7-6-10-24(16)21-23-18-8-4-5-9-19(18)28-21/h4-5,8-9,11-12,16,22H,6-7,10,13H2,1-3H3. The Morgan fingerprint density at radius 1 is 1.24 bits per heavy atom. The first kappa shape index (κ1) is 19.7. The monoisotopic (exact) mass is 415 g/mol. The number of methoxy groups -OCH3 is 1. The van der Waals surface area contributed by atoms with E-state index in [2.05, 4.69) is 9.71 Å². The van der Waals surface area contributed by atoms with E-state index in [1.807, 2.05) is 43.0 Å². The largest absolute Gasteiger partial charge is 0.496 e. The molecule has 1 aliphatic heterocycles. The summed E-state index contributed by atoms with van der Waals surface area (Å²) in [4.78, 5) is 6.86. The number of para-hydroxylation sites is 2. The van der Waals surface area contributed by atoms with Gasteiger partial charge in [-0.05, 0) is 62.1 Å². The molecule has 2 heterocycles. The van der Waals surface area contributed by atoms with Crippen LogP contribution < -0.4 is 14.4 Å². The molecule has 0 amide bonds. The van der Waals surface area contributed by atoms with Crippen LogP contribution >= 0.6 is 0 Å². The quantitative estimate of drug-likeness (QED) is 0.664. The second kappa shape index (κ2) is 7.68. The zero-order chi connectivity index (χ0) is 20.6. The maximum atomic E-state index is 12.9. The molecule has 3 aromatic rings. The number of benzene rings is 2. The Bertz CT molecular complexity index is 1080. The van der Waals surface area contributed by atoms with E-state index < -0.39 is 10.0 Å². The highest BCUT2D eigenvalue weighted by atomic mass is 32.2. The van der Waals surface area contributed by atoms with Crippen molar-refractivity contribution in [1.29, 1.82) is 0 Å². The number of sulfonamides is 1. The first-order valence-electron chi connectivity index (χ1n) is 9.66. The lowest BCUT2D eigenvalue weighted by Crippen LogP contribution is -2.40. The van der Waals surface area contributed by atoms with E-state index >= 15 is 0 Å². The van der Waals surface area contributed by atoms with Gasteiger partial charge in [0.1, 0.15) is 11.3 Å². The lowest BCUT2D eigenvalue weighted by Gasteiger charge is -2.23. The third-order valence-corrected chi connectivity index (χ3v) is 6.77. The molecule has 1 saturated heterocycles. The molecule has 7 nitrogen and oxygen atoms in total. The first-order chi connectivity index (χ1) is 13.9. The first-order valence-corrected chi connectivity index (χ1v) is 11.1. The predicted molar refractivity (Wildman–Crippen MR) is 112 cm³/mol. The van der Waals surface area contributed by atoms with Gasteiger partial charge in [-0.1, -0.05) is 12.1 Å². The van der Waals surface area contributed by atoms with Crippen LogP contribution in [-0.4, -0.2) is 39.6 Å². The van der Waals surface area contributed by atoms with Crippen molar-refractivity contribution in [2.75, 3.05) is 25.1 Å². The molecule has 1 N–H and O–H groups in total. The maximum Gasteiger partial charge on any atom is 0.298 e. The lowest BCUT2D eigenvalue weighted by atomic mass is 10.1. The molecule has 154 valence electrons. The van der Waals surface area contributed by atoms with Crippen LogP contribution in [-0.2, 0) is 10.0 Å². The molecule has 8 heteroatoms. The maximum absolute atomic E-state index is 12.9. The number of hydrogen-bond acceptors (Lipinski definition) is 6. The number of fused-ring (bicyclic) bond motifs is 1. The van der Waals surface area contributed by atoms with Crippen molar-refractivity contribution in [3.05, 3.63) is 47.5 Å². The van der Waals surface area contributed by atoms with E-state index in [4.69, 9.17) is 9.15 Å². The number of anilines is 1. The van der Waals surface area contributed by atoms with E-state index in [-0.39, 0.29) is 10.9 Å². The third-order valence-electron chi connectivity index (χ3n) is 5.36. The fraction of sp³-hybridized carbons (Fsp3) is 0.381. The van der Waals surface area contributed by atoms with Crippen LogP contribution in [0.4, 0.5) is 6.01 Å². The summed E-state index contributed by atoms with van der Waals surface area (Å²) in [5.41, 5.74) is 3.12. The summed E-state index contributed by atoms with van der Waals surface area (Å²) in [7, 11) is -2.05. The van der Waals surface area contributed by atoms with Crippen molar-refractivity contribution in [1.82, 2.24) is 9.71 Å². The highest BCUT2D eigenvalue weighted by molar-refractivity contribution is 7.89. The molecule has 1 aromatic heterocycles. The number of ether oxygens (including phenoxy) is 1. The molecular weight excluding hydrogens is 390 g/mol. The van der Waals surface area contributed by atoms with Gasteiger partial charge < -0.3 is 14.1 Å². The van der Waals surface area contributed by atoms with Gasteiger partial charge in [-0.3, -0.25) is 0 Å². The molecule has 0 radical (unpaired) electrons. The zero-order valence-corrected chi connectivity index (χ0v) is 17.6. The highest BCUT2D eigenvalue weighted by Crippen LogP contribution is 2.29. The summed E-state index contributed by atoms with van der Waals surface area (Å²) >= 11 is 0. The van der Waals surface area contributed by atoms with Gasteiger partial charge in [0.2, 0.25) is 10.0 Å². The minimum absolute atomic E-state index is 0.00159. The Hall–Kier alpha value is -2.58. The van der Waals surface area contributed by atoms with Crippen molar-refractivity contribution in [2.24, 2.45) is 0 Å². The van der Waals surface area contributed by atoms with Crippen LogP contribution in [0, 0.1) is 13.8 Å². The number of hydrogen-bond donors (Lipinski definition) is 1. The molecule has 1 atom stereocenters. The number of nitrogens with zero attached hydrogens (tertiary/aromatic N) is 2. The molecule has 0 aliphatic carbocycles. The van der Waals surface area contributed by atoms with Crippen LogP contribution in [0.5, 0.6) is 5.75 Å². The Balaban J connectivity index is 1.51. The number of oxazole rings is 1. The molecule has 0 saturated carbocycles. The van der Waals surface area contributed by atoms with Gasteiger partial charge in [-0.2, -0.15) is 4.98 Å². The third kappa shape index (κ3) is 3.82. The van der Waals surface area contributed by atoms with Crippen LogP contribution in [0.2, 0.25) is 0 Å². The lowest BCUT2D eigenvalue weighted by molar-refractivity contribution is 0.408. The summed E-state index contributed by atoms with van der Waals surface area (Å²) in [6.45, 7) is 4.78. The van der Waals surface area contributed by atoms with E-state index in [0.717, 1.165) is 41.6 Å². The molecule has 0 spiro atoms. The van der Waals surface area contributed by atoms with Gasteiger partial charge in [0.15, 0.2) is 5.58 Å². The number of nitrogens with one attached hydrogen (secondary N) is 1. The Morgan fingerprint density at radius 2 is 1.97 bits per heavy atom.